The van der Waals surface area contributed by atoms with E-state index in [2.05, 4.69) is 12.2 Å². The van der Waals surface area contributed by atoms with Crippen LogP contribution in [0.2, 0.25) is 0 Å². The molecule has 0 radical (unpaired) electrons. The van der Waals surface area contributed by atoms with Crippen LogP contribution in [0.3, 0.4) is 0 Å². The monoisotopic (exact) mass is 297 g/mol. The number of halogens is 3. The van der Waals surface area contributed by atoms with Gasteiger partial charge in [0.05, 0.1) is 5.56 Å². The maximum Gasteiger partial charge on any atom is 0.416 e. The van der Waals surface area contributed by atoms with Crippen molar-refractivity contribution in [3.63, 3.8) is 0 Å². The summed E-state index contributed by atoms with van der Waals surface area (Å²) >= 11 is 0. The topological polar surface area (TPSA) is 12.0 Å². The van der Waals surface area contributed by atoms with E-state index in [4.69, 9.17) is 0 Å². The van der Waals surface area contributed by atoms with Crippen LogP contribution in [0, 0.1) is 24.7 Å². The minimum Gasteiger partial charge on any atom is -0.310 e. The second kappa shape index (κ2) is 5.31. The molecule has 0 bridgehead atoms. The number of nitrogens with one attached hydrogen (secondary N) is 1. The summed E-state index contributed by atoms with van der Waals surface area (Å²) in [4.78, 5) is 0. The molecular formula is C17H22F3N. The molecule has 4 heteroatoms. The van der Waals surface area contributed by atoms with Gasteiger partial charge in [0.25, 0.3) is 0 Å². The van der Waals surface area contributed by atoms with Crippen LogP contribution >= 0.6 is 0 Å². The van der Waals surface area contributed by atoms with Crippen LogP contribution in [-0.4, -0.2) is 6.54 Å². The van der Waals surface area contributed by atoms with Crippen LogP contribution in [0.4, 0.5) is 13.2 Å². The fourth-order valence-corrected chi connectivity index (χ4v) is 3.99. The van der Waals surface area contributed by atoms with E-state index in [0.717, 1.165) is 29.5 Å². The number of alkyl halides is 3. The third-order valence-electron chi connectivity index (χ3n) is 5.11. The molecule has 0 amide bonds. The third kappa shape index (κ3) is 2.96. The Morgan fingerprint density at radius 3 is 2.38 bits per heavy atom. The first-order valence-electron chi connectivity index (χ1n) is 7.81. The van der Waals surface area contributed by atoms with E-state index in [-0.39, 0.29) is 6.04 Å². The van der Waals surface area contributed by atoms with Crippen LogP contribution in [-0.2, 0) is 6.18 Å². The van der Waals surface area contributed by atoms with Crippen LogP contribution in [0.1, 0.15) is 48.9 Å². The summed E-state index contributed by atoms with van der Waals surface area (Å²) in [5.41, 5.74) is 1.24. The number of fused-ring (bicyclic) bond motifs is 1. The highest BCUT2D eigenvalue weighted by molar-refractivity contribution is 5.35. The van der Waals surface area contributed by atoms with Gasteiger partial charge in [0, 0.05) is 6.04 Å². The van der Waals surface area contributed by atoms with Gasteiger partial charge in [-0.15, -0.1) is 0 Å². The Kier molecular flexibility index (Phi) is 3.76. The third-order valence-corrected chi connectivity index (χ3v) is 5.11. The molecule has 0 heterocycles. The van der Waals surface area contributed by atoms with Gasteiger partial charge < -0.3 is 5.32 Å². The van der Waals surface area contributed by atoms with Gasteiger partial charge in [-0.2, -0.15) is 13.2 Å². The van der Waals surface area contributed by atoms with E-state index >= 15 is 0 Å². The number of aryl methyl sites for hydroxylation is 1. The first kappa shape index (κ1) is 14.9. The molecule has 3 unspecified atom stereocenters. The molecule has 1 aromatic rings. The SMILES string of the molecule is CCNC(c1ccc(C(F)(F)F)cc1C)C1CC2CC2C1. The van der Waals surface area contributed by atoms with Crippen molar-refractivity contribution in [2.45, 2.75) is 45.3 Å². The molecule has 2 aliphatic carbocycles. The molecule has 2 aliphatic rings. The zero-order chi connectivity index (χ0) is 15.2. The summed E-state index contributed by atoms with van der Waals surface area (Å²) in [5.74, 6) is 2.33. The van der Waals surface area contributed by atoms with Crippen molar-refractivity contribution in [1.29, 1.82) is 0 Å². The second-order valence-electron chi connectivity index (χ2n) is 6.59. The van der Waals surface area contributed by atoms with Gasteiger partial charge in [-0.25, -0.2) is 0 Å². The highest BCUT2D eigenvalue weighted by atomic mass is 19.4. The lowest BCUT2D eigenvalue weighted by Gasteiger charge is -2.28. The minimum atomic E-state index is -4.26. The summed E-state index contributed by atoms with van der Waals surface area (Å²) in [6, 6.07) is 4.39. The van der Waals surface area contributed by atoms with Gasteiger partial charge in [-0.05, 0) is 73.7 Å². The van der Waals surface area contributed by atoms with Crippen molar-refractivity contribution in [3.05, 3.63) is 34.9 Å². The van der Waals surface area contributed by atoms with Crippen LogP contribution in [0.25, 0.3) is 0 Å². The molecule has 0 saturated heterocycles. The Morgan fingerprint density at radius 2 is 1.86 bits per heavy atom. The molecular weight excluding hydrogens is 275 g/mol. The van der Waals surface area contributed by atoms with Gasteiger partial charge in [-0.1, -0.05) is 13.0 Å². The maximum atomic E-state index is 12.8. The summed E-state index contributed by atoms with van der Waals surface area (Å²) in [6.07, 6.45) is -0.446. The van der Waals surface area contributed by atoms with E-state index < -0.39 is 11.7 Å². The van der Waals surface area contributed by atoms with E-state index in [1.807, 2.05) is 0 Å². The maximum absolute atomic E-state index is 12.8. The zero-order valence-electron chi connectivity index (χ0n) is 12.5. The van der Waals surface area contributed by atoms with Crippen molar-refractivity contribution in [1.82, 2.24) is 5.32 Å². The molecule has 1 N–H and O–H groups in total. The van der Waals surface area contributed by atoms with Gasteiger partial charge in [0.15, 0.2) is 0 Å². The van der Waals surface area contributed by atoms with Crippen LogP contribution in [0.5, 0.6) is 0 Å². The van der Waals surface area contributed by atoms with Gasteiger partial charge in [0.1, 0.15) is 0 Å². The van der Waals surface area contributed by atoms with E-state index in [1.165, 1.54) is 31.4 Å². The number of hydrogen-bond donors (Lipinski definition) is 1. The summed E-state index contributed by atoms with van der Waals surface area (Å²) in [7, 11) is 0. The molecule has 1 nitrogen and oxygen atoms in total. The van der Waals surface area contributed by atoms with Gasteiger partial charge in [0.2, 0.25) is 0 Å². The smallest absolute Gasteiger partial charge is 0.310 e. The van der Waals surface area contributed by atoms with E-state index in [1.54, 1.807) is 13.0 Å². The molecule has 3 rings (SSSR count). The van der Waals surface area contributed by atoms with Crippen molar-refractivity contribution < 1.29 is 13.2 Å². The lowest BCUT2D eigenvalue weighted by Crippen LogP contribution is -2.28. The average molecular weight is 297 g/mol. The largest absolute Gasteiger partial charge is 0.416 e. The minimum absolute atomic E-state index is 0.199. The standard InChI is InChI=1S/C17H22F3N/c1-3-21-16(13-8-11-7-12(11)9-13)15-5-4-14(6-10(15)2)17(18,19)20/h4-6,11-13,16,21H,3,7-9H2,1-2H3. The normalized spacial score (nSPS) is 29.3. The lowest BCUT2D eigenvalue weighted by atomic mass is 9.86. The Hall–Kier alpha value is -1.03. The van der Waals surface area contributed by atoms with Crippen molar-refractivity contribution >= 4 is 0 Å². The molecule has 2 saturated carbocycles. The Bertz CT molecular complexity index is 513. The molecule has 3 atom stereocenters. The Balaban J connectivity index is 1.85. The number of hydrogen-bond acceptors (Lipinski definition) is 1. The molecule has 2 fully saturated rings. The Morgan fingerprint density at radius 1 is 1.19 bits per heavy atom. The van der Waals surface area contributed by atoms with E-state index in [0.29, 0.717) is 5.92 Å². The molecule has 1 aromatic carbocycles. The van der Waals surface area contributed by atoms with Crippen LogP contribution in [0.15, 0.2) is 18.2 Å². The molecule has 116 valence electrons. The summed E-state index contributed by atoms with van der Waals surface area (Å²) in [5, 5.41) is 3.50. The van der Waals surface area contributed by atoms with Crippen LogP contribution < -0.4 is 5.32 Å². The first-order valence-corrected chi connectivity index (χ1v) is 7.81. The van der Waals surface area contributed by atoms with Crippen molar-refractivity contribution in [2.75, 3.05) is 6.54 Å². The Labute approximate surface area is 123 Å². The highest BCUT2D eigenvalue weighted by Crippen LogP contribution is 2.57. The first-order chi connectivity index (χ1) is 9.90. The predicted octanol–water partition coefficient (Wildman–Crippen LogP) is 4.71. The quantitative estimate of drug-likeness (QED) is 0.848. The van der Waals surface area contributed by atoms with E-state index in [9.17, 15) is 13.2 Å². The average Bonchev–Trinajstić information content (AvgIpc) is 3.02. The number of benzene rings is 1. The fraction of sp³-hybridized carbons (Fsp3) is 0.647. The number of rotatable bonds is 4. The second-order valence-corrected chi connectivity index (χ2v) is 6.59. The van der Waals surface area contributed by atoms with Crippen molar-refractivity contribution in [2.24, 2.45) is 17.8 Å². The molecule has 0 aromatic heterocycles. The van der Waals surface area contributed by atoms with Gasteiger partial charge in [-0.3, -0.25) is 0 Å². The zero-order valence-corrected chi connectivity index (χ0v) is 12.5. The predicted molar refractivity (Wildman–Crippen MR) is 76.9 cm³/mol. The van der Waals surface area contributed by atoms with Gasteiger partial charge >= 0.3 is 6.18 Å². The van der Waals surface area contributed by atoms with Crippen molar-refractivity contribution in [3.8, 4) is 0 Å². The molecule has 0 spiro atoms. The lowest BCUT2D eigenvalue weighted by molar-refractivity contribution is -0.137. The molecule has 0 aliphatic heterocycles. The highest BCUT2D eigenvalue weighted by Gasteiger charge is 2.48. The summed E-state index contributed by atoms with van der Waals surface area (Å²) in [6.45, 7) is 4.70. The molecule has 21 heavy (non-hydrogen) atoms. The fourth-order valence-electron chi connectivity index (χ4n) is 3.99. The summed E-state index contributed by atoms with van der Waals surface area (Å²) < 4.78 is 38.4.